The number of carbonyl (C=O) groups is 3. The van der Waals surface area contributed by atoms with Crippen LogP contribution in [-0.4, -0.2) is 95.9 Å². The zero-order valence-electron chi connectivity index (χ0n) is 36.5. The number of anilines is 2. The fourth-order valence-electron chi connectivity index (χ4n) is 8.46. The molecule has 3 aromatic carbocycles. The lowest BCUT2D eigenvalue weighted by Gasteiger charge is -2.42. The number of piperidine rings is 1. The lowest BCUT2D eigenvalue weighted by molar-refractivity contribution is -0.139. The van der Waals surface area contributed by atoms with Crippen molar-refractivity contribution in [1.82, 2.24) is 24.4 Å². The molecule has 0 saturated carbocycles. The number of aliphatic carboxylic acids is 1. The number of aliphatic hydroxyl groups is 2. The summed E-state index contributed by atoms with van der Waals surface area (Å²) in [6, 6.07) is 28.9. The minimum Gasteiger partial charge on any atom is -0.481 e. The van der Waals surface area contributed by atoms with Crippen LogP contribution in [0, 0.1) is 23.1 Å². The van der Waals surface area contributed by atoms with Crippen molar-refractivity contribution in [2.45, 2.75) is 83.6 Å². The molecule has 4 atom stereocenters. The number of nitrogens with zero attached hydrogens (tertiary/aromatic N) is 6. The van der Waals surface area contributed by atoms with Crippen molar-refractivity contribution in [1.29, 1.82) is 5.26 Å². The molecule has 7 rings (SSSR count). The minimum atomic E-state index is -1.18. The second-order valence-corrected chi connectivity index (χ2v) is 16.5. The van der Waals surface area contributed by atoms with E-state index in [0.717, 1.165) is 41.1 Å². The Morgan fingerprint density at radius 3 is 2.31 bits per heavy atom. The van der Waals surface area contributed by atoms with E-state index >= 15 is 0 Å². The standard InChI is InChI=1S/C33H35FN2O5.C16H20N6O/c1-21(2)31-30(33(41)35-25-11-7-4-8-12-25)29(22-9-5-3-6-10-22)32(23-13-15-24(34)16-14-23)36(31)18-17-26(37)19-27(38)20-28(39)40;1-11-5-8-22(14(23)3-6-17)9-13(11)21(2)16-12-4-7-18-15(12)19-10-20-16/h3-16,21,26-27,37-38H,17-20H2,1-2H3,(H,35,41)(H,39,40);4,7,10-11,13H,3,5,8-9H2,1-2H3,(H,18,19,20)/t26-,27-;11-,13+/m11/s1. The first-order valence-corrected chi connectivity index (χ1v) is 21.4. The first kappa shape index (κ1) is 46.6. The lowest BCUT2D eigenvalue weighted by atomic mass is 9.92. The van der Waals surface area contributed by atoms with Crippen LogP contribution < -0.4 is 10.2 Å². The first-order chi connectivity index (χ1) is 30.8. The molecule has 14 nitrogen and oxygen atoms in total. The molecular weight excluding hydrogens is 816 g/mol. The highest BCUT2D eigenvalue weighted by molar-refractivity contribution is 6.12. The lowest BCUT2D eigenvalue weighted by Crippen LogP contribution is -2.52. The fraction of sp³-hybridized carbons (Fsp3) is 0.347. The largest absolute Gasteiger partial charge is 0.481 e. The smallest absolute Gasteiger partial charge is 0.305 e. The number of carboxylic acid groups (broad SMARTS) is 1. The summed E-state index contributed by atoms with van der Waals surface area (Å²) in [6.07, 6.45) is 1.76. The molecular formula is C49H55FN8O6. The molecule has 1 aliphatic rings. The maximum Gasteiger partial charge on any atom is 0.305 e. The molecule has 1 fully saturated rings. The number of benzene rings is 3. The summed E-state index contributed by atoms with van der Waals surface area (Å²) in [5.41, 5.74) is 5.58. The van der Waals surface area contributed by atoms with E-state index in [1.54, 1.807) is 23.4 Å². The number of aromatic nitrogens is 4. The van der Waals surface area contributed by atoms with Gasteiger partial charge in [0.2, 0.25) is 5.91 Å². The van der Waals surface area contributed by atoms with Gasteiger partial charge in [0, 0.05) is 49.8 Å². The minimum absolute atomic E-state index is 0.0552. The maximum atomic E-state index is 14.0. The summed E-state index contributed by atoms with van der Waals surface area (Å²) < 4.78 is 16.0. The summed E-state index contributed by atoms with van der Waals surface area (Å²) in [4.78, 5) is 52.7. The number of amides is 2. The van der Waals surface area contributed by atoms with Gasteiger partial charge in [-0.25, -0.2) is 14.4 Å². The van der Waals surface area contributed by atoms with Gasteiger partial charge in [0.1, 0.15) is 30.0 Å². The number of hydrogen-bond donors (Lipinski definition) is 5. The Morgan fingerprint density at radius 2 is 1.66 bits per heavy atom. The molecule has 1 saturated heterocycles. The number of para-hydroxylation sites is 1. The maximum absolute atomic E-state index is 14.0. The van der Waals surface area contributed by atoms with Crippen LogP contribution >= 0.6 is 0 Å². The van der Waals surface area contributed by atoms with E-state index in [0.29, 0.717) is 40.5 Å². The van der Waals surface area contributed by atoms with Crippen molar-refractivity contribution in [3.63, 3.8) is 0 Å². The number of rotatable bonds is 15. The van der Waals surface area contributed by atoms with Gasteiger partial charge in [-0.05, 0) is 84.7 Å². The van der Waals surface area contributed by atoms with E-state index < -0.39 is 24.6 Å². The van der Waals surface area contributed by atoms with Gasteiger partial charge in [0.25, 0.3) is 5.91 Å². The van der Waals surface area contributed by atoms with E-state index in [1.807, 2.05) is 104 Å². The SMILES string of the molecule is CC(C)c1c(C(=O)Nc2ccccc2)c(-c2ccccc2)c(-c2ccc(F)cc2)n1CC[C@@H](O)C[C@@H](O)CC(=O)O.C[C@@H]1CCN(C(=O)CC#N)C[C@@H]1N(C)c1ncnc2[nH]ccc12. The molecule has 1 aliphatic heterocycles. The topological polar surface area (TPSA) is 201 Å². The Kier molecular flexibility index (Phi) is 15.6. The van der Waals surface area contributed by atoms with Gasteiger partial charge >= 0.3 is 5.97 Å². The number of halogens is 1. The van der Waals surface area contributed by atoms with Gasteiger partial charge in [-0.2, -0.15) is 5.26 Å². The first-order valence-electron chi connectivity index (χ1n) is 21.4. The molecule has 334 valence electrons. The third-order valence-corrected chi connectivity index (χ3v) is 11.6. The summed E-state index contributed by atoms with van der Waals surface area (Å²) in [5.74, 6) is -0.722. The van der Waals surface area contributed by atoms with Gasteiger partial charge in [-0.1, -0.05) is 69.3 Å². The van der Waals surface area contributed by atoms with Gasteiger partial charge in [0.05, 0.1) is 47.4 Å². The summed E-state index contributed by atoms with van der Waals surface area (Å²) in [6.45, 7) is 7.79. The number of aromatic amines is 1. The van der Waals surface area contributed by atoms with Crippen molar-refractivity contribution in [2.75, 3.05) is 30.4 Å². The molecule has 0 bridgehead atoms. The van der Waals surface area contributed by atoms with Crippen LogP contribution in [-0.2, 0) is 16.1 Å². The predicted molar refractivity (Wildman–Crippen MR) is 244 cm³/mol. The number of H-pyrrole nitrogens is 1. The van der Waals surface area contributed by atoms with Gasteiger partial charge < -0.3 is 40.0 Å². The van der Waals surface area contributed by atoms with E-state index in [2.05, 4.69) is 32.1 Å². The van der Waals surface area contributed by atoms with Crippen LogP contribution in [0.1, 0.15) is 74.8 Å². The molecule has 2 amide bonds. The molecule has 0 spiro atoms. The van der Waals surface area contributed by atoms with E-state index in [4.69, 9.17) is 10.4 Å². The second-order valence-electron chi connectivity index (χ2n) is 16.5. The zero-order chi connectivity index (χ0) is 45.9. The normalized spacial score (nSPS) is 15.8. The van der Waals surface area contributed by atoms with Crippen molar-refractivity contribution in [2.24, 2.45) is 5.92 Å². The van der Waals surface area contributed by atoms with Crippen LogP contribution in [0.25, 0.3) is 33.4 Å². The van der Waals surface area contributed by atoms with E-state index in [-0.39, 0.29) is 55.4 Å². The number of aliphatic hydroxyl groups excluding tert-OH is 2. The Hall–Kier alpha value is -6.89. The van der Waals surface area contributed by atoms with Crippen LogP contribution in [0.3, 0.4) is 0 Å². The number of nitriles is 1. The number of hydrogen-bond acceptors (Lipinski definition) is 9. The number of carbonyl (C=O) groups excluding carboxylic acids is 2. The van der Waals surface area contributed by atoms with Gasteiger partial charge in [-0.15, -0.1) is 0 Å². The molecule has 0 unspecified atom stereocenters. The number of likely N-dealkylation sites (N-methyl/N-ethyl adjacent to an activating group) is 1. The second kappa shape index (κ2) is 21.5. The Bertz CT molecular complexity index is 2560. The average molecular weight is 871 g/mol. The third-order valence-electron chi connectivity index (χ3n) is 11.6. The predicted octanol–water partition coefficient (Wildman–Crippen LogP) is 7.86. The highest BCUT2D eigenvalue weighted by Crippen LogP contribution is 2.43. The van der Waals surface area contributed by atoms with Crippen LogP contribution in [0.5, 0.6) is 0 Å². The summed E-state index contributed by atoms with van der Waals surface area (Å²) in [7, 11) is 2.01. The molecule has 0 radical (unpaired) electrons. The summed E-state index contributed by atoms with van der Waals surface area (Å²) >= 11 is 0. The molecule has 5 N–H and O–H groups in total. The molecule has 0 aliphatic carbocycles. The van der Waals surface area contributed by atoms with E-state index in [9.17, 15) is 29.0 Å². The summed E-state index contributed by atoms with van der Waals surface area (Å²) in [5, 5.41) is 42.5. The van der Waals surface area contributed by atoms with Crippen molar-refractivity contribution in [3.8, 4) is 28.5 Å². The van der Waals surface area contributed by atoms with Crippen LogP contribution in [0.4, 0.5) is 15.9 Å². The van der Waals surface area contributed by atoms with E-state index in [1.165, 1.54) is 12.1 Å². The van der Waals surface area contributed by atoms with Crippen LogP contribution in [0.15, 0.2) is 104 Å². The quantitative estimate of drug-likeness (QED) is 0.0677. The van der Waals surface area contributed by atoms with Crippen molar-refractivity contribution in [3.05, 3.63) is 121 Å². The number of nitrogens with one attached hydrogen (secondary N) is 2. The van der Waals surface area contributed by atoms with Gasteiger partial charge in [-0.3, -0.25) is 14.4 Å². The monoisotopic (exact) mass is 870 g/mol. The van der Waals surface area contributed by atoms with Crippen LogP contribution in [0.2, 0.25) is 0 Å². The molecule has 15 heteroatoms. The molecule has 6 aromatic rings. The number of fused-ring (bicyclic) bond motifs is 1. The zero-order valence-corrected chi connectivity index (χ0v) is 36.5. The Balaban J connectivity index is 0.000000249. The molecule has 3 aromatic heterocycles. The third kappa shape index (κ3) is 11.2. The van der Waals surface area contributed by atoms with Crippen molar-refractivity contribution < 1.29 is 34.1 Å². The average Bonchev–Trinajstić information content (AvgIpc) is 3.90. The number of carboxylic acids is 1. The highest BCUT2D eigenvalue weighted by atomic mass is 19.1. The fourth-order valence-corrected chi connectivity index (χ4v) is 8.46. The molecule has 64 heavy (non-hydrogen) atoms. The number of likely N-dealkylation sites (tertiary alicyclic amines) is 1. The van der Waals surface area contributed by atoms with Gasteiger partial charge in [0.15, 0.2) is 0 Å². The van der Waals surface area contributed by atoms with Crippen molar-refractivity contribution >= 4 is 40.3 Å². The molecule has 4 heterocycles. The highest BCUT2D eigenvalue weighted by Gasteiger charge is 2.33. The Morgan fingerprint density at radius 1 is 0.969 bits per heavy atom. The Labute approximate surface area is 372 Å².